The van der Waals surface area contributed by atoms with E-state index in [1.165, 1.54) is 25.8 Å². The Balaban J connectivity index is 4.25. The number of nitrogens with zero attached hydrogens (tertiary/aromatic N) is 1. The minimum Gasteiger partial charge on any atom is -0.315 e. The molecule has 2 heteroatoms. The van der Waals surface area contributed by atoms with Crippen LogP contribution < -0.4 is 5.32 Å². The first kappa shape index (κ1) is 16.9. The third-order valence-electron chi connectivity index (χ3n) is 3.55. The van der Waals surface area contributed by atoms with Crippen LogP contribution in [0.15, 0.2) is 0 Å². The molecule has 2 unspecified atom stereocenters. The first-order chi connectivity index (χ1) is 8.06. The van der Waals surface area contributed by atoms with E-state index in [0.29, 0.717) is 12.1 Å². The Bertz CT molecular complexity index is 168. The molecular weight excluding hydrogens is 208 g/mol. The second kappa shape index (κ2) is 9.90. The van der Waals surface area contributed by atoms with Crippen LogP contribution in [0, 0.1) is 5.92 Å². The van der Waals surface area contributed by atoms with Crippen molar-refractivity contribution in [3.8, 4) is 0 Å². The average Bonchev–Trinajstić information content (AvgIpc) is 2.29. The quantitative estimate of drug-likeness (QED) is 0.630. The van der Waals surface area contributed by atoms with Gasteiger partial charge in [-0.1, -0.05) is 41.0 Å². The minimum absolute atomic E-state index is 0.706. The first-order valence-electron chi connectivity index (χ1n) is 7.53. The lowest BCUT2D eigenvalue weighted by atomic mass is 10.1. The summed E-state index contributed by atoms with van der Waals surface area (Å²) >= 11 is 0. The maximum absolute atomic E-state index is 3.62. The fourth-order valence-electron chi connectivity index (χ4n) is 2.42. The highest BCUT2D eigenvalue weighted by Crippen LogP contribution is 2.12. The van der Waals surface area contributed by atoms with Crippen LogP contribution in [0.1, 0.15) is 60.8 Å². The van der Waals surface area contributed by atoms with Crippen LogP contribution in [0.2, 0.25) is 0 Å². The van der Waals surface area contributed by atoms with Gasteiger partial charge in [0.05, 0.1) is 0 Å². The molecule has 0 aromatic carbocycles. The van der Waals surface area contributed by atoms with E-state index in [4.69, 9.17) is 0 Å². The van der Waals surface area contributed by atoms with Crippen molar-refractivity contribution in [2.45, 2.75) is 72.9 Å². The van der Waals surface area contributed by atoms with Crippen molar-refractivity contribution in [3.05, 3.63) is 0 Å². The Morgan fingerprint density at radius 3 is 2.06 bits per heavy atom. The number of hydrogen-bond acceptors (Lipinski definition) is 2. The van der Waals surface area contributed by atoms with E-state index in [9.17, 15) is 0 Å². The van der Waals surface area contributed by atoms with Crippen molar-refractivity contribution in [1.29, 1.82) is 0 Å². The zero-order chi connectivity index (χ0) is 13.3. The molecule has 0 aliphatic rings. The third kappa shape index (κ3) is 7.05. The van der Waals surface area contributed by atoms with Crippen molar-refractivity contribution in [3.63, 3.8) is 0 Å². The summed E-state index contributed by atoms with van der Waals surface area (Å²) in [6.07, 6.45) is 3.84. The lowest BCUT2D eigenvalue weighted by molar-refractivity contribution is 0.136. The molecule has 1 N–H and O–H groups in total. The van der Waals surface area contributed by atoms with Crippen LogP contribution in [0.4, 0.5) is 0 Å². The van der Waals surface area contributed by atoms with Crippen LogP contribution in [-0.4, -0.2) is 36.6 Å². The molecule has 0 heterocycles. The van der Waals surface area contributed by atoms with Gasteiger partial charge in [0.15, 0.2) is 0 Å². The molecule has 0 amide bonds. The maximum Gasteiger partial charge on any atom is 0.0223 e. The summed E-state index contributed by atoms with van der Waals surface area (Å²) in [7, 11) is 0. The van der Waals surface area contributed by atoms with Crippen molar-refractivity contribution in [2.75, 3.05) is 19.6 Å². The summed E-state index contributed by atoms with van der Waals surface area (Å²) in [6, 6.07) is 1.41. The minimum atomic E-state index is 0.706. The van der Waals surface area contributed by atoms with Gasteiger partial charge in [0, 0.05) is 18.6 Å². The fraction of sp³-hybridized carbons (Fsp3) is 1.00. The molecule has 0 spiro atoms. The Labute approximate surface area is 109 Å². The Kier molecular flexibility index (Phi) is 9.85. The van der Waals surface area contributed by atoms with Crippen molar-refractivity contribution >= 4 is 0 Å². The Morgan fingerprint density at radius 1 is 1.00 bits per heavy atom. The maximum atomic E-state index is 3.62. The van der Waals surface area contributed by atoms with E-state index in [-0.39, 0.29) is 0 Å². The predicted octanol–water partition coefficient (Wildman–Crippen LogP) is 3.52. The van der Waals surface area contributed by atoms with E-state index in [1.807, 2.05) is 0 Å². The molecule has 2 nitrogen and oxygen atoms in total. The highest BCUT2D eigenvalue weighted by Gasteiger charge is 2.19. The summed E-state index contributed by atoms with van der Waals surface area (Å²) in [5.74, 6) is 0.746. The van der Waals surface area contributed by atoms with E-state index in [1.54, 1.807) is 0 Å². The van der Waals surface area contributed by atoms with Gasteiger partial charge in [-0.2, -0.15) is 0 Å². The normalized spacial score (nSPS) is 15.5. The molecule has 0 aliphatic heterocycles. The van der Waals surface area contributed by atoms with Gasteiger partial charge in [-0.3, -0.25) is 4.90 Å². The molecule has 0 saturated carbocycles. The topological polar surface area (TPSA) is 15.3 Å². The largest absolute Gasteiger partial charge is 0.315 e. The van der Waals surface area contributed by atoms with Gasteiger partial charge in [-0.15, -0.1) is 0 Å². The third-order valence-corrected chi connectivity index (χ3v) is 3.55. The highest BCUT2D eigenvalue weighted by molar-refractivity contribution is 4.77. The van der Waals surface area contributed by atoms with Gasteiger partial charge in [-0.05, 0) is 38.8 Å². The summed E-state index contributed by atoms with van der Waals surface area (Å²) in [4.78, 5) is 2.66. The first-order valence-corrected chi connectivity index (χ1v) is 7.53. The number of hydrogen-bond donors (Lipinski definition) is 1. The molecule has 0 radical (unpaired) electrons. The monoisotopic (exact) mass is 242 g/mol. The van der Waals surface area contributed by atoms with Crippen LogP contribution in [0.25, 0.3) is 0 Å². The van der Waals surface area contributed by atoms with E-state index < -0.39 is 0 Å². The molecule has 2 atom stereocenters. The van der Waals surface area contributed by atoms with E-state index >= 15 is 0 Å². The van der Waals surface area contributed by atoms with Crippen molar-refractivity contribution in [2.24, 2.45) is 5.92 Å². The molecule has 0 saturated heterocycles. The molecule has 0 fully saturated rings. The summed E-state index contributed by atoms with van der Waals surface area (Å²) < 4.78 is 0. The average molecular weight is 242 g/mol. The van der Waals surface area contributed by atoms with Gasteiger partial charge >= 0.3 is 0 Å². The van der Waals surface area contributed by atoms with Crippen LogP contribution in [0.5, 0.6) is 0 Å². The zero-order valence-corrected chi connectivity index (χ0v) is 12.9. The van der Waals surface area contributed by atoms with Crippen LogP contribution >= 0.6 is 0 Å². The SMILES string of the molecule is CCCC(CNCC(C)C)N(CC)C(C)CC. The van der Waals surface area contributed by atoms with E-state index in [0.717, 1.165) is 19.0 Å². The zero-order valence-electron chi connectivity index (χ0n) is 12.9. The summed E-state index contributed by atoms with van der Waals surface area (Å²) in [5, 5.41) is 3.62. The second-order valence-corrected chi connectivity index (χ2v) is 5.58. The Morgan fingerprint density at radius 2 is 1.65 bits per heavy atom. The van der Waals surface area contributed by atoms with Crippen LogP contribution in [-0.2, 0) is 0 Å². The summed E-state index contributed by atoms with van der Waals surface area (Å²) in [5.41, 5.74) is 0. The number of likely N-dealkylation sites (N-methyl/N-ethyl adjacent to an activating group) is 1. The lowest BCUT2D eigenvalue weighted by Crippen LogP contribution is -2.47. The van der Waals surface area contributed by atoms with Gasteiger partial charge in [0.25, 0.3) is 0 Å². The predicted molar refractivity (Wildman–Crippen MR) is 78.5 cm³/mol. The van der Waals surface area contributed by atoms with E-state index in [2.05, 4.69) is 51.8 Å². The van der Waals surface area contributed by atoms with Gasteiger partial charge < -0.3 is 5.32 Å². The fourth-order valence-corrected chi connectivity index (χ4v) is 2.42. The molecular formula is C15H34N2. The second-order valence-electron chi connectivity index (χ2n) is 5.58. The number of nitrogens with one attached hydrogen (secondary N) is 1. The van der Waals surface area contributed by atoms with Crippen LogP contribution in [0.3, 0.4) is 0 Å². The Hall–Kier alpha value is -0.0800. The number of rotatable bonds is 10. The van der Waals surface area contributed by atoms with Gasteiger partial charge in [-0.25, -0.2) is 0 Å². The molecule has 104 valence electrons. The molecule has 17 heavy (non-hydrogen) atoms. The van der Waals surface area contributed by atoms with Crippen molar-refractivity contribution < 1.29 is 0 Å². The van der Waals surface area contributed by atoms with Gasteiger partial charge in [0.2, 0.25) is 0 Å². The molecule has 0 aromatic rings. The molecule has 0 rings (SSSR count). The van der Waals surface area contributed by atoms with Gasteiger partial charge in [0.1, 0.15) is 0 Å². The lowest BCUT2D eigenvalue weighted by Gasteiger charge is -2.35. The molecule has 0 bridgehead atoms. The highest BCUT2D eigenvalue weighted by atomic mass is 15.2. The molecule has 0 aromatic heterocycles. The standard InChI is InChI=1S/C15H34N2/c1-7-10-15(12-16-11-13(4)5)17(9-3)14(6)8-2/h13-16H,7-12H2,1-6H3. The molecule has 0 aliphatic carbocycles. The van der Waals surface area contributed by atoms with Crippen molar-refractivity contribution in [1.82, 2.24) is 10.2 Å². The summed E-state index contributed by atoms with van der Waals surface area (Å²) in [6.45, 7) is 17.2. The smallest absolute Gasteiger partial charge is 0.0223 e.